The quantitative estimate of drug-likeness (QED) is 0.738. The van der Waals surface area contributed by atoms with Crippen molar-refractivity contribution in [3.05, 3.63) is 28.2 Å². The maximum atomic E-state index is 13.3. The Morgan fingerprint density at radius 3 is 2.39 bits per heavy atom. The van der Waals surface area contributed by atoms with Crippen LogP contribution in [0.2, 0.25) is 0 Å². The van der Waals surface area contributed by atoms with Gasteiger partial charge in [0, 0.05) is 4.47 Å². The average Bonchev–Trinajstić information content (AvgIpc) is 2.22. The van der Waals surface area contributed by atoms with E-state index in [-0.39, 0.29) is 4.47 Å². The fraction of sp³-hybridized carbons (Fsp3) is 0.111. The summed E-state index contributed by atoms with van der Waals surface area (Å²) < 4.78 is 26.7. The lowest BCUT2D eigenvalue weighted by atomic mass is 10.3. The Bertz CT molecular complexity index is 461. The number of hydrogen-bond donors (Lipinski definition) is 3. The van der Waals surface area contributed by atoms with Crippen LogP contribution in [0.5, 0.6) is 0 Å². The molecule has 0 aliphatic carbocycles. The Morgan fingerprint density at radius 1 is 1.33 bits per heavy atom. The zero-order valence-corrected chi connectivity index (χ0v) is 10.3. The Hall–Kier alpha value is -1.74. The van der Waals surface area contributed by atoms with Gasteiger partial charge in [-0.1, -0.05) is 15.9 Å². The van der Waals surface area contributed by atoms with Gasteiger partial charge in [0.25, 0.3) is 0 Å². The number of carbonyl (C=O) groups excluding carboxylic acids is 1. The van der Waals surface area contributed by atoms with Gasteiger partial charge in [0.05, 0.1) is 0 Å². The second-order valence-electron chi connectivity index (χ2n) is 2.98. The number of hydrogen-bond acceptors (Lipinski definition) is 3. The molecular formula is C9H7BrF2N2O4. The average molecular weight is 325 g/mol. The molecule has 0 radical (unpaired) electrons. The molecule has 0 unspecified atom stereocenters. The van der Waals surface area contributed by atoms with Gasteiger partial charge in [-0.3, -0.25) is 4.84 Å². The van der Waals surface area contributed by atoms with Crippen molar-refractivity contribution in [2.75, 3.05) is 11.9 Å². The van der Waals surface area contributed by atoms with Gasteiger partial charge in [-0.2, -0.15) is 0 Å². The summed E-state index contributed by atoms with van der Waals surface area (Å²) >= 11 is 2.87. The second kappa shape index (κ2) is 6.26. The van der Waals surface area contributed by atoms with Crippen LogP contribution in [0.25, 0.3) is 0 Å². The van der Waals surface area contributed by atoms with Crippen molar-refractivity contribution < 1.29 is 28.3 Å². The molecule has 1 aromatic carbocycles. The van der Waals surface area contributed by atoms with Crippen molar-refractivity contribution in [2.24, 2.45) is 0 Å². The molecule has 0 atom stereocenters. The van der Waals surface area contributed by atoms with Crippen molar-refractivity contribution >= 4 is 33.6 Å². The van der Waals surface area contributed by atoms with E-state index in [1.165, 1.54) is 0 Å². The highest BCUT2D eigenvalue weighted by Gasteiger charge is 2.13. The number of nitrogens with one attached hydrogen (secondary N) is 2. The number of anilines is 1. The molecule has 0 aromatic heterocycles. The lowest BCUT2D eigenvalue weighted by molar-refractivity contribution is -0.143. The molecule has 0 heterocycles. The summed E-state index contributed by atoms with van der Waals surface area (Å²) in [4.78, 5) is 25.4. The number of amides is 2. The predicted molar refractivity (Wildman–Crippen MR) is 59.8 cm³/mol. The standard InChI is InChI=1S/C9H7BrF2N2O4/c10-4-1-5(11)8(6(12)2-4)13-9(17)14-18-3-7(15)16/h1-2H,3H2,(H,15,16)(H2,13,14,17). The number of hydroxylamine groups is 1. The van der Waals surface area contributed by atoms with Crippen LogP contribution >= 0.6 is 15.9 Å². The SMILES string of the molecule is O=C(O)CONC(=O)Nc1c(F)cc(Br)cc1F. The summed E-state index contributed by atoms with van der Waals surface area (Å²) in [5.41, 5.74) is 0.984. The molecule has 0 fully saturated rings. The first-order valence-corrected chi connectivity index (χ1v) is 5.24. The van der Waals surface area contributed by atoms with Crippen LogP contribution in [0, 0.1) is 11.6 Å². The van der Waals surface area contributed by atoms with Gasteiger partial charge in [-0.25, -0.2) is 23.9 Å². The first-order chi connectivity index (χ1) is 8.40. The summed E-state index contributed by atoms with van der Waals surface area (Å²) in [6, 6.07) is 0.810. The third kappa shape index (κ3) is 4.26. The molecule has 6 nitrogen and oxygen atoms in total. The van der Waals surface area contributed by atoms with E-state index in [4.69, 9.17) is 5.11 Å². The van der Waals surface area contributed by atoms with Gasteiger partial charge in [0.15, 0.2) is 18.2 Å². The van der Waals surface area contributed by atoms with Crippen molar-refractivity contribution in [2.45, 2.75) is 0 Å². The highest BCUT2D eigenvalue weighted by atomic mass is 79.9. The number of rotatable bonds is 4. The highest BCUT2D eigenvalue weighted by molar-refractivity contribution is 9.10. The molecule has 2 amide bonds. The molecule has 1 aromatic rings. The van der Waals surface area contributed by atoms with Gasteiger partial charge in [0.2, 0.25) is 0 Å². The molecule has 9 heteroatoms. The summed E-state index contributed by atoms with van der Waals surface area (Å²) in [6.45, 7) is -0.779. The molecule has 98 valence electrons. The van der Waals surface area contributed by atoms with E-state index in [1.807, 2.05) is 5.32 Å². The van der Waals surface area contributed by atoms with Crippen LogP contribution in [-0.2, 0) is 9.63 Å². The van der Waals surface area contributed by atoms with Gasteiger partial charge in [-0.05, 0) is 12.1 Å². The van der Waals surface area contributed by atoms with E-state index < -0.39 is 35.9 Å². The first kappa shape index (κ1) is 14.3. The minimum Gasteiger partial charge on any atom is -0.479 e. The third-order valence-corrected chi connectivity index (χ3v) is 2.06. The molecule has 0 spiro atoms. The minimum absolute atomic E-state index is 0.172. The van der Waals surface area contributed by atoms with E-state index >= 15 is 0 Å². The van der Waals surface area contributed by atoms with Crippen molar-refractivity contribution in [3.63, 3.8) is 0 Å². The van der Waals surface area contributed by atoms with Gasteiger partial charge >= 0.3 is 12.0 Å². The highest BCUT2D eigenvalue weighted by Crippen LogP contribution is 2.23. The molecule has 18 heavy (non-hydrogen) atoms. The normalized spacial score (nSPS) is 9.94. The van der Waals surface area contributed by atoms with Crippen LogP contribution in [0.15, 0.2) is 16.6 Å². The van der Waals surface area contributed by atoms with Crippen LogP contribution < -0.4 is 10.8 Å². The lowest BCUT2D eigenvalue weighted by Crippen LogP contribution is -2.31. The topological polar surface area (TPSA) is 87.7 Å². The predicted octanol–water partition coefficient (Wildman–Crippen LogP) is 1.86. The molecule has 0 saturated heterocycles. The molecule has 3 N–H and O–H groups in total. The number of carboxylic acids is 1. The zero-order chi connectivity index (χ0) is 13.7. The fourth-order valence-corrected chi connectivity index (χ4v) is 1.37. The van der Waals surface area contributed by atoms with E-state index in [1.54, 1.807) is 5.48 Å². The summed E-state index contributed by atoms with van der Waals surface area (Å²) in [5, 5.41) is 10.1. The van der Waals surface area contributed by atoms with Gasteiger partial charge < -0.3 is 10.4 Å². The molecule has 0 saturated carbocycles. The third-order valence-electron chi connectivity index (χ3n) is 1.61. The molecule has 0 aliphatic heterocycles. The Labute approximate surface area is 108 Å². The number of urea groups is 1. The van der Waals surface area contributed by atoms with E-state index in [0.717, 1.165) is 12.1 Å². The van der Waals surface area contributed by atoms with Crippen LogP contribution in [0.1, 0.15) is 0 Å². The summed E-state index contributed by atoms with van der Waals surface area (Å²) in [6.07, 6.45) is 0. The van der Waals surface area contributed by atoms with Gasteiger partial charge in [-0.15, -0.1) is 0 Å². The summed E-state index contributed by atoms with van der Waals surface area (Å²) in [5.74, 6) is -3.29. The Balaban J connectivity index is 2.62. The fourth-order valence-electron chi connectivity index (χ4n) is 0.964. The smallest absolute Gasteiger partial charge is 0.343 e. The van der Waals surface area contributed by atoms with E-state index in [2.05, 4.69) is 20.8 Å². The molecule has 1 rings (SSSR count). The maximum absolute atomic E-state index is 13.3. The van der Waals surface area contributed by atoms with E-state index in [9.17, 15) is 18.4 Å². The van der Waals surface area contributed by atoms with Crippen molar-refractivity contribution in [1.29, 1.82) is 0 Å². The number of carboxylic acid groups (broad SMARTS) is 1. The second-order valence-corrected chi connectivity index (χ2v) is 3.90. The number of benzene rings is 1. The number of carbonyl (C=O) groups is 2. The number of aliphatic carboxylic acids is 1. The molecular weight excluding hydrogens is 318 g/mol. The van der Waals surface area contributed by atoms with Crippen LogP contribution in [-0.4, -0.2) is 23.7 Å². The van der Waals surface area contributed by atoms with Crippen LogP contribution in [0.4, 0.5) is 19.3 Å². The van der Waals surface area contributed by atoms with E-state index in [0.29, 0.717) is 0 Å². The minimum atomic E-state index is -1.31. The lowest BCUT2D eigenvalue weighted by Gasteiger charge is -2.08. The molecule has 0 bridgehead atoms. The maximum Gasteiger partial charge on any atom is 0.343 e. The zero-order valence-electron chi connectivity index (χ0n) is 8.67. The monoisotopic (exact) mass is 324 g/mol. The van der Waals surface area contributed by atoms with Gasteiger partial charge in [0.1, 0.15) is 5.69 Å². The Kier molecular flexibility index (Phi) is 4.98. The Morgan fingerprint density at radius 2 is 1.89 bits per heavy atom. The summed E-state index contributed by atoms with van der Waals surface area (Å²) in [7, 11) is 0. The number of halogens is 3. The van der Waals surface area contributed by atoms with Crippen molar-refractivity contribution in [3.8, 4) is 0 Å². The van der Waals surface area contributed by atoms with Crippen molar-refractivity contribution in [1.82, 2.24) is 5.48 Å². The first-order valence-electron chi connectivity index (χ1n) is 4.45. The van der Waals surface area contributed by atoms with Crippen LogP contribution in [0.3, 0.4) is 0 Å². The largest absolute Gasteiger partial charge is 0.479 e. The molecule has 0 aliphatic rings.